The van der Waals surface area contributed by atoms with Gasteiger partial charge in [0.1, 0.15) is 6.61 Å². The van der Waals surface area contributed by atoms with Crippen LogP contribution in [0.2, 0.25) is 0 Å². The molecule has 7 heteroatoms. The maximum absolute atomic E-state index is 5.93. The van der Waals surface area contributed by atoms with Crippen molar-refractivity contribution in [3.63, 3.8) is 0 Å². The SMILES string of the molecule is Nc1ncc2c(n1)CC(c1ccccc1-c1ccccc1)C/C2=N\OCCN1CCOCC1. The number of hydrogen-bond donors (Lipinski definition) is 1. The van der Waals surface area contributed by atoms with Crippen molar-refractivity contribution in [3.8, 4) is 11.1 Å². The van der Waals surface area contributed by atoms with E-state index >= 15 is 0 Å². The lowest BCUT2D eigenvalue weighted by Crippen LogP contribution is -2.38. The van der Waals surface area contributed by atoms with Gasteiger partial charge in [-0.1, -0.05) is 59.8 Å². The standard InChI is InChI=1S/C26H29N5O2/c27-26-28-18-23-24(29-26)16-20(17-25(23)30-33-15-12-31-10-13-32-14-11-31)22-9-5-4-8-21(22)19-6-2-1-3-7-19/h1-9,18,20H,10-17H2,(H2,27,28,29)/b30-25+. The van der Waals surface area contributed by atoms with Gasteiger partial charge in [-0.05, 0) is 29.0 Å². The Morgan fingerprint density at radius 1 is 1.00 bits per heavy atom. The molecule has 2 aromatic carbocycles. The maximum Gasteiger partial charge on any atom is 0.220 e. The Kier molecular flexibility index (Phi) is 6.60. The van der Waals surface area contributed by atoms with Crippen LogP contribution in [0.4, 0.5) is 5.95 Å². The first-order valence-electron chi connectivity index (χ1n) is 11.5. The second-order valence-electron chi connectivity index (χ2n) is 8.47. The molecule has 2 N–H and O–H groups in total. The number of benzene rings is 2. The molecule has 1 fully saturated rings. The molecule has 1 saturated heterocycles. The van der Waals surface area contributed by atoms with E-state index in [1.54, 1.807) is 6.20 Å². The van der Waals surface area contributed by atoms with Crippen molar-refractivity contribution >= 4 is 11.7 Å². The first-order valence-corrected chi connectivity index (χ1v) is 11.5. The minimum Gasteiger partial charge on any atom is -0.394 e. The minimum atomic E-state index is 0.227. The fourth-order valence-electron chi connectivity index (χ4n) is 4.64. The van der Waals surface area contributed by atoms with Crippen molar-refractivity contribution in [2.45, 2.75) is 18.8 Å². The fourth-order valence-corrected chi connectivity index (χ4v) is 4.64. The largest absolute Gasteiger partial charge is 0.394 e. The Morgan fingerprint density at radius 3 is 2.64 bits per heavy atom. The van der Waals surface area contributed by atoms with Crippen LogP contribution in [0.5, 0.6) is 0 Å². The van der Waals surface area contributed by atoms with Crippen LogP contribution >= 0.6 is 0 Å². The van der Waals surface area contributed by atoms with E-state index < -0.39 is 0 Å². The van der Waals surface area contributed by atoms with Gasteiger partial charge in [0, 0.05) is 37.8 Å². The molecule has 0 spiro atoms. The molecule has 0 amide bonds. The molecule has 0 bridgehead atoms. The first kappa shape index (κ1) is 21.6. The van der Waals surface area contributed by atoms with Crippen molar-refractivity contribution in [1.29, 1.82) is 0 Å². The number of nitrogens with two attached hydrogens (primary N) is 1. The van der Waals surface area contributed by atoms with Crippen molar-refractivity contribution in [2.75, 3.05) is 45.2 Å². The molecule has 3 aromatic rings. The van der Waals surface area contributed by atoms with E-state index in [9.17, 15) is 0 Å². The number of morpholine rings is 1. The molecule has 1 aliphatic carbocycles. The summed E-state index contributed by atoms with van der Waals surface area (Å²) in [5.41, 5.74) is 12.4. The van der Waals surface area contributed by atoms with Crippen LogP contribution in [0, 0.1) is 0 Å². The van der Waals surface area contributed by atoms with E-state index in [0.29, 0.717) is 12.6 Å². The molecule has 33 heavy (non-hydrogen) atoms. The lowest BCUT2D eigenvalue weighted by molar-refractivity contribution is 0.0211. The van der Waals surface area contributed by atoms with E-state index in [1.807, 2.05) is 6.07 Å². The third-order valence-electron chi connectivity index (χ3n) is 6.34. The smallest absolute Gasteiger partial charge is 0.220 e. The number of nitrogen functional groups attached to an aromatic ring is 1. The van der Waals surface area contributed by atoms with Gasteiger partial charge in [0.25, 0.3) is 0 Å². The van der Waals surface area contributed by atoms with E-state index in [2.05, 4.69) is 68.6 Å². The van der Waals surface area contributed by atoms with Gasteiger partial charge >= 0.3 is 0 Å². The summed E-state index contributed by atoms with van der Waals surface area (Å²) in [4.78, 5) is 16.9. The number of hydrogen-bond acceptors (Lipinski definition) is 7. The van der Waals surface area contributed by atoms with Crippen LogP contribution in [0.15, 0.2) is 65.9 Å². The van der Waals surface area contributed by atoms with Crippen LogP contribution in [0.3, 0.4) is 0 Å². The Hall–Kier alpha value is -3.29. The zero-order valence-corrected chi connectivity index (χ0v) is 18.7. The van der Waals surface area contributed by atoms with E-state index in [1.165, 1.54) is 16.7 Å². The number of anilines is 1. The van der Waals surface area contributed by atoms with Gasteiger partial charge < -0.3 is 15.3 Å². The first-order chi connectivity index (χ1) is 16.3. The summed E-state index contributed by atoms with van der Waals surface area (Å²) < 4.78 is 5.41. The second-order valence-corrected chi connectivity index (χ2v) is 8.47. The van der Waals surface area contributed by atoms with Crippen LogP contribution in [-0.4, -0.2) is 60.0 Å². The lowest BCUT2D eigenvalue weighted by atomic mass is 9.79. The zero-order valence-electron chi connectivity index (χ0n) is 18.7. The van der Waals surface area contributed by atoms with E-state index in [-0.39, 0.29) is 5.92 Å². The second kappa shape index (κ2) is 10.1. The summed E-state index contributed by atoms with van der Waals surface area (Å²) in [6, 6.07) is 19.1. The van der Waals surface area contributed by atoms with Crippen molar-refractivity contribution in [2.24, 2.45) is 5.16 Å². The van der Waals surface area contributed by atoms with Crippen molar-refractivity contribution < 1.29 is 9.57 Å². The molecule has 2 heterocycles. The Balaban J connectivity index is 1.39. The highest BCUT2D eigenvalue weighted by Gasteiger charge is 2.29. The zero-order chi connectivity index (χ0) is 22.5. The Bertz CT molecular complexity index is 1110. The number of oxime groups is 1. The lowest BCUT2D eigenvalue weighted by Gasteiger charge is -2.27. The van der Waals surface area contributed by atoms with Crippen LogP contribution < -0.4 is 5.73 Å². The monoisotopic (exact) mass is 443 g/mol. The molecule has 1 aliphatic heterocycles. The summed E-state index contributed by atoms with van der Waals surface area (Å²) in [5.74, 6) is 0.517. The molecular formula is C26H29N5O2. The molecule has 1 atom stereocenters. The van der Waals surface area contributed by atoms with Gasteiger partial charge in [-0.25, -0.2) is 9.97 Å². The molecule has 0 radical (unpaired) electrons. The van der Waals surface area contributed by atoms with E-state index in [0.717, 1.165) is 62.7 Å². The summed E-state index contributed by atoms with van der Waals surface area (Å²) in [6.45, 7) is 4.82. The molecule has 0 saturated carbocycles. The number of aromatic nitrogens is 2. The van der Waals surface area contributed by atoms with Crippen LogP contribution in [-0.2, 0) is 16.0 Å². The van der Waals surface area contributed by atoms with Gasteiger partial charge in [0.15, 0.2) is 0 Å². The molecule has 2 aliphatic rings. The Morgan fingerprint density at radius 2 is 1.79 bits per heavy atom. The van der Waals surface area contributed by atoms with Gasteiger partial charge in [0.2, 0.25) is 5.95 Å². The van der Waals surface area contributed by atoms with Gasteiger partial charge in [-0.15, -0.1) is 0 Å². The quantitative estimate of drug-likeness (QED) is 0.464. The topological polar surface area (TPSA) is 85.9 Å². The van der Waals surface area contributed by atoms with Crippen molar-refractivity contribution in [1.82, 2.24) is 14.9 Å². The summed E-state index contributed by atoms with van der Waals surface area (Å²) in [5, 5.41) is 4.55. The van der Waals surface area contributed by atoms with Gasteiger partial charge in [-0.2, -0.15) is 0 Å². The molecule has 1 unspecified atom stereocenters. The van der Waals surface area contributed by atoms with Gasteiger partial charge in [0.05, 0.1) is 24.6 Å². The average molecular weight is 444 g/mol. The fraction of sp³-hybridized carbons (Fsp3) is 0.346. The highest BCUT2D eigenvalue weighted by atomic mass is 16.6. The predicted octanol–water partition coefficient (Wildman–Crippen LogP) is 3.51. The van der Waals surface area contributed by atoms with Crippen LogP contribution in [0.25, 0.3) is 11.1 Å². The van der Waals surface area contributed by atoms with Crippen LogP contribution in [0.1, 0.15) is 29.2 Å². The number of nitrogens with zero attached hydrogens (tertiary/aromatic N) is 4. The average Bonchev–Trinajstić information content (AvgIpc) is 2.87. The number of fused-ring (bicyclic) bond motifs is 1. The predicted molar refractivity (Wildman–Crippen MR) is 129 cm³/mol. The molecule has 170 valence electrons. The maximum atomic E-state index is 5.93. The van der Waals surface area contributed by atoms with E-state index in [4.69, 9.17) is 15.3 Å². The van der Waals surface area contributed by atoms with Gasteiger partial charge in [-0.3, -0.25) is 4.90 Å². The third-order valence-corrected chi connectivity index (χ3v) is 6.34. The minimum absolute atomic E-state index is 0.227. The molecule has 7 nitrogen and oxygen atoms in total. The highest BCUT2D eigenvalue weighted by Crippen LogP contribution is 2.37. The summed E-state index contributed by atoms with van der Waals surface area (Å²) >= 11 is 0. The highest BCUT2D eigenvalue weighted by molar-refractivity contribution is 6.02. The van der Waals surface area contributed by atoms with Crippen molar-refractivity contribution in [3.05, 3.63) is 77.6 Å². The normalized spacial score (nSPS) is 19.9. The summed E-state index contributed by atoms with van der Waals surface area (Å²) in [6.07, 6.45) is 3.33. The molecule has 1 aromatic heterocycles. The third kappa shape index (κ3) is 5.05. The Labute approximate surface area is 194 Å². The molecular weight excluding hydrogens is 414 g/mol. The molecule has 5 rings (SSSR count). The summed E-state index contributed by atoms with van der Waals surface area (Å²) in [7, 11) is 0. The number of rotatable bonds is 6. The number of ether oxygens (including phenoxy) is 1.